The summed E-state index contributed by atoms with van der Waals surface area (Å²) in [5.41, 5.74) is 2.13. The van der Waals surface area contributed by atoms with E-state index in [4.69, 9.17) is 4.74 Å². The molecule has 0 heterocycles. The van der Waals surface area contributed by atoms with Crippen LogP contribution in [0.2, 0.25) is 0 Å². The Balaban J connectivity index is 1.82. The lowest BCUT2D eigenvalue weighted by Gasteiger charge is -2.17. The van der Waals surface area contributed by atoms with Crippen molar-refractivity contribution in [2.75, 3.05) is 6.54 Å². The Hall–Kier alpha value is -2.36. The first-order chi connectivity index (χ1) is 11.1. The van der Waals surface area contributed by atoms with E-state index >= 15 is 0 Å². The van der Waals surface area contributed by atoms with Gasteiger partial charge in [0.25, 0.3) is 5.91 Å². The molecule has 0 radical (unpaired) electrons. The summed E-state index contributed by atoms with van der Waals surface area (Å²) in [6.45, 7) is 4.42. The van der Waals surface area contributed by atoms with E-state index in [1.165, 1.54) is 12.1 Å². The molecule has 2 aromatic rings. The van der Waals surface area contributed by atoms with Gasteiger partial charge >= 0.3 is 0 Å². The summed E-state index contributed by atoms with van der Waals surface area (Å²) in [4.78, 5) is 12.2. The van der Waals surface area contributed by atoms with Crippen LogP contribution in [0.5, 0.6) is 5.75 Å². The molecule has 1 amide bonds. The predicted molar refractivity (Wildman–Crippen MR) is 89.0 cm³/mol. The number of carbonyl (C=O) groups is 1. The van der Waals surface area contributed by atoms with Gasteiger partial charge in [-0.1, -0.05) is 36.8 Å². The largest absolute Gasteiger partial charge is 0.481 e. The van der Waals surface area contributed by atoms with Gasteiger partial charge in [0.05, 0.1) is 0 Å². The first kappa shape index (κ1) is 17.0. The lowest BCUT2D eigenvalue weighted by Crippen LogP contribution is -2.38. The Labute approximate surface area is 136 Å². The maximum Gasteiger partial charge on any atom is 0.261 e. The third-order valence-corrected chi connectivity index (χ3v) is 3.59. The van der Waals surface area contributed by atoms with E-state index in [2.05, 4.69) is 5.32 Å². The van der Waals surface area contributed by atoms with Crippen molar-refractivity contribution in [2.24, 2.45) is 0 Å². The summed E-state index contributed by atoms with van der Waals surface area (Å²) in [6, 6.07) is 13.9. The lowest BCUT2D eigenvalue weighted by atomic mass is 10.1. The van der Waals surface area contributed by atoms with E-state index in [1.807, 2.05) is 38.1 Å². The van der Waals surface area contributed by atoms with Gasteiger partial charge < -0.3 is 10.1 Å². The van der Waals surface area contributed by atoms with Crippen LogP contribution in [0.4, 0.5) is 4.39 Å². The number of nitrogens with one attached hydrogen (secondary N) is 1. The van der Waals surface area contributed by atoms with E-state index in [-0.39, 0.29) is 11.7 Å². The molecule has 0 spiro atoms. The molecule has 0 saturated carbocycles. The maximum absolute atomic E-state index is 12.8. The SMILES string of the molecule is CC[C@H](Oc1ccc(C)cc1)C(=O)NCCc1ccc(F)cc1. The van der Waals surface area contributed by atoms with E-state index in [0.717, 1.165) is 11.1 Å². The Kier molecular flexibility index (Phi) is 6.15. The maximum atomic E-state index is 12.8. The van der Waals surface area contributed by atoms with Crippen molar-refractivity contribution in [1.82, 2.24) is 5.32 Å². The quantitative estimate of drug-likeness (QED) is 0.847. The number of benzene rings is 2. The molecule has 2 rings (SSSR count). The minimum absolute atomic E-state index is 0.129. The topological polar surface area (TPSA) is 38.3 Å². The van der Waals surface area contributed by atoms with Gasteiger partial charge in [-0.25, -0.2) is 4.39 Å². The van der Waals surface area contributed by atoms with E-state index in [0.29, 0.717) is 25.1 Å². The number of hydrogen-bond acceptors (Lipinski definition) is 2. The highest BCUT2D eigenvalue weighted by atomic mass is 19.1. The fraction of sp³-hybridized carbons (Fsp3) is 0.316. The fourth-order valence-electron chi connectivity index (χ4n) is 2.20. The molecule has 0 aromatic heterocycles. The lowest BCUT2D eigenvalue weighted by molar-refractivity contribution is -0.128. The summed E-state index contributed by atoms with van der Waals surface area (Å²) in [7, 11) is 0. The molecule has 1 N–H and O–H groups in total. The van der Waals surface area contributed by atoms with Gasteiger partial charge in [-0.3, -0.25) is 4.79 Å². The molecule has 2 aromatic carbocycles. The molecule has 122 valence electrons. The predicted octanol–water partition coefficient (Wildman–Crippen LogP) is 3.65. The number of ether oxygens (including phenoxy) is 1. The van der Waals surface area contributed by atoms with Crippen molar-refractivity contribution in [3.05, 3.63) is 65.5 Å². The second-order valence-corrected chi connectivity index (χ2v) is 5.50. The summed E-state index contributed by atoms with van der Waals surface area (Å²) in [6.07, 6.45) is 0.745. The first-order valence-corrected chi connectivity index (χ1v) is 7.84. The molecule has 1 atom stereocenters. The van der Waals surface area contributed by atoms with Crippen molar-refractivity contribution in [2.45, 2.75) is 32.8 Å². The van der Waals surface area contributed by atoms with Gasteiger partial charge in [-0.05, 0) is 49.6 Å². The Morgan fingerprint density at radius 3 is 2.39 bits per heavy atom. The molecule has 0 bridgehead atoms. The van der Waals surface area contributed by atoms with E-state index in [9.17, 15) is 9.18 Å². The zero-order valence-corrected chi connectivity index (χ0v) is 13.5. The number of rotatable bonds is 7. The summed E-state index contributed by atoms with van der Waals surface area (Å²) >= 11 is 0. The summed E-state index contributed by atoms with van der Waals surface area (Å²) < 4.78 is 18.6. The van der Waals surface area contributed by atoms with Crippen molar-refractivity contribution < 1.29 is 13.9 Å². The smallest absolute Gasteiger partial charge is 0.261 e. The standard InChI is InChI=1S/C19H22FNO2/c1-3-18(23-17-10-4-14(2)5-11-17)19(22)21-13-12-15-6-8-16(20)9-7-15/h4-11,18H,3,12-13H2,1-2H3,(H,21,22)/t18-/m0/s1. The molecule has 23 heavy (non-hydrogen) atoms. The number of amides is 1. The molecule has 0 aliphatic rings. The molecule has 3 nitrogen and oxygen atoms in total. The number of hydrogen-bond donors (Lipinski definition) is 1. The first-order valence-electron chi connectivity index (χ1n) is 7.84. The van der Waals surface area contributed by atoms with Gasteiger partial charge in [0.1, 0.15) is 11.6 Å². The van der Waals surface area contributed by atoms with E-state index in [1.54, 1.807) is 12.1 Å². The monoisotopic (exact) mass is 315 g/mol. The minimum atomic E-state index is -0.508. The van der Waals surface area contributed by atoms with Crippen LogP contribution in [0.3, 0.4) is 0 Å². The second kappa shape index (κ2) is 8.32. The van der Waals surface area contributed by atoms with Crippen molar-refractivity contribution in [3.63, 3.8) is 0 Å². The van der Waals surface area contributed by atoms with Crippen molar-refractivity contribution in [3.8, 4) is 5.75 Å². The van der Waals surface area contributed by atoms with Gasteiger partial charge in [0.15, 0.2) is 6.10 Å². The number of aryl methyl sites for hydroxylation is 1. The third-order valence-electron chi connectivity index (χ3n) is 3.59. The van der Waals surface area contributed by atoms with Gasteiger partial charge in [-0.2, -0.15) is 0 Å². The van der Waals surface area contributed by atoms with Gasteiger partial charge in [0, 0.05) is 6.54 Å². The van der Waals surface area contributed by atoms with Crippen LogP contribution in [-0.4, -0.2) is 18.6 Å². The summed E-state index contributed by atoms with van der Waals surface area (Å²) in [5.74, 6) is 0.307. The highest BCUT2D eigenvalue weighted by Gasteiger charge is 2.17. The van der Waals surface area contributed by atoms with Crippen LogP contribution in [0.1, 0.15) is 24.5 Å². The molecular formula is C19H22FNO2. The Morgan fingerprint density at radius 2 is 1.78 bits per heavy atom. The summed E-state index contributed by atoms with van der Waals surface area (Å²) in [5, 5.41) is 2.87. The fourth-order valence-corrected chi connectivity index (χ4v) is 2.20. The van der Waals surface area contributed by atoms with Crippen LogP contribution >= 0.6 is 0 Å². The normalized spacial score (nSPS) is 11.8. The van der Waals surface area contributed by atoms with Crippen molar-refractivity contribution >= 4 is 5.91 Å². The Bertz CT molecular complexity index is 623. The van der Waals surface area contributed by atoms with E-state index < -0.39 is 6.10 Å². The number of halogens is 1. The second-order valence-electron chi connectivity index (χ2n) is 5.50. The molecular weight excluding hydrogens is 293 g/mol. The third kappa shape index (κ3) is 5.40. The molecule has 0 aliphatic heterocycles. The zero-order chi connectivity index (χ0) is 16.7. The average Bonchev–Trinajstić information content (AvgIpc) is 2.56. The van der Waals surface area contributed by atoms with Gasteiger partial charge in [-0.15, -0.1) is 0 Å². The highest BCUT2D eigenvalue weighted by molar-refractivity contribution is 5.81. The molecule has 0 saturated heterocycles. The van der Waals surface area contributed by atoms with Crippen LogP contribution in [-0.2, 0) is 11.2 Å². The molecule has 4 heteroatoms. The molecule has 0 aliphatic carbocycles. The molecule has 0 fully saturated rings. The van der Waals surface area contributed by atoms with Crippen LogP contribution in [0.15, 0.2) is 48.5 Å². The number of carbonyl (C=O) groups excluding carboxylic acids is 1. The zero-order valence-electron chi connectivity index (χ0n) is 13.5. The van der Waals surface area contributed by atoms with Crippen LogP contribution in [0, 0.1) is 12.7 Å². The minimum Gasteiger partial charge on any atom is -0.481 e. The van der Waals surface area contributed by atoms with Crippen LogP contribution < -0.4 is 10.1 Å². The average molecular weight is 315 g/mol. The van der Waals surface area contributed by atoms with Gasteiger partial charge in [0.2, 0.25) is 0 Å². The van der Waals surface area contributed by atoms with Crippen LogP contribution in [0.25, 0.3) is 0 Å². The highest BCUT2D eigenvalue weighted by Crippen LogP contribution is 2.14. The van der Waals surface area contributed by atoms with Crippen molar-refractivity contribution in [1.29, 1.82) is 0 Å². The Morgan fingerprint density at radius 1 is 1.13 bits per heavy atom. The molecule has 0 unspecified atom stereocenters.